The fraction of sp³-hybridized carbons (Fsp3) is 0.500. The zero-order valence-electron chi connectivity index (χ0n) is 12.4. The van der Waals surface area contributed by atoms with Crippen LogP contribution in [0.3, 0.4) is 0 Å². The Hall–Kier alpha value is -1.41. The second kappa shape index (κ2) is 8.01. The molecule has 1 aromatic heterocycles. The average molecular weight is 271 g/mol. The first kappa shape index (κ1) is 15.0. The number of aliphatic hydroxyl groups is 1. The largest absolute Gasteiger partial charge is 0.388 e. The second-order valence-corrected chi connectivity index (χ2v) is 5.52. The quantitative estimate of drug-likeness (QED) is 0.684. The van der Waals surface area contributed by atoms with E-state index >= 15 is 0 Å². The van der Waals surface area contributed by atoms with E-state index in [-0.39, 0.29) is 6.10 Å². The van der Waals surface area contributed by atoms with Crippen LogP contribution in [-0.4, -0.2) is 10.1 Å². The summed E-state index contributed by atoms with van der Waals surface area (Å²) >= 11 is 0. The van der Waals surface area contributed by atoms with E-state index in [9.17, 15) is 5.11 Å². The Morgan fingerprint density at radius 3 is 2.70 bits per heavy atom. The first-order chi connectivity index (χ1) is 9.83. The van der Waals surface area contributed by atoms with Gasteiger partial charge in [0, 0.05) is 17.8 Å². The third kappa shape index (κ3) is 4.04. The summed E-state index contributed by atoms with van der Waals surface area (Å²) in [4.78, 5) is 4.18. The maximum absolute atomic E-state index is 10.4. The van der Waals surface area contributed by atoms with E-state index in [1.807, 2.05) is 24.4 Å². The molecule has 0 bridgehead atoms. The fourth-order valence-electron chi connectivity index (χ4n) is 2.70. The van der Waals surface area contributed by atoms with Gasteiger partial charge < -0.3 is 5.11 Å². The lowest BCUT2D eigenvalue weighted by atomic mass is 9.98. The first-order valence-corrected chi connectivity index (χ1v) is 7.83. The van der Waals surface area contributed by atoms with Crippen LogP contribution < -0.4 is 0 Å². The molecule has 0 spiro atoms. The maximum Gasteiger partial charge on any atom is 0.0796 e. The molecule has 20 heavy (non-hydrogen) atoms. The summed E-state index contributed by atoms with van der Waals surface area (Å²) < 4.78 is 0. The Labute approximate surface area is 121 Å². The molecular weight excluding hydrogens is 246 g/mol. The molecule has 0 saturated carbocycles. The van der Waals surface area contributed by atoms with E-state index in [1.54, 1.807) is 6.20 Å². The van der Waals surface area contributed by atoms with Gasteiger partial charge in [0.2, 0.25) is 0 Å². The number of pyridine rings is 1. The SMILES string of the molecule is CCCCCCCCC(O)c1cccc2ccncc12. The van der Waals surface area contributed by atoms with Crippen LogP contribution in [0.1, 0.15) is 63.5 Å². The lowest BCUT2D eigenvalue weighted by Gasteiger charge is -2.13. The van der Waals surface area contributed by atoms with Gasteiger partial charge in [-0.25, -0.2) is 0 Å². The number of aromatic nitrogens is 1. The number of aliphatic hydroxyl groups excluding tert-OH is 1. The molecule has 2 nitrogen and oxygen atoms in total. The Morgan fingerprint density at radius 1 is 1.05 bits per heavy atom. The van der Waals surface area contributed by atoms with Gasteiger partial charge in [-0.15, -0.1) is 0 Å². The topological polar surface area (TPSA) is 33.1 Å². The van der Waals surface area contributed by atoms with Crippen LogP contribution in [0.15, 0.2) is 36.7 Å². The summed E-state index contributed by atoms with van der Waals surface area (Å²) in [5.41, 5.74) is 1.02. The molecule has 0 aliphatic rings. The molecule has 1 atom stereocenters. The predicted molar refractivity (Wildman–Crippen MR) is 84.7 cm³/mol. The second-order valence-electron chi connectivity index (χ2n) is 5.52. The van der Waals surface area contributed by atoms with Crippen LogP contribution in [0.2, 0.25) is 0 Å². The molecule has 2 aromatic rings. The summed E-state index contributed by atoms with van der Waals surface area (Å²) in [6, 6.07) is 8.10. The normalized spacial score (nSPS) is 12.7. The van der Waals surface area contributed by atoms with Gasteiger partial charge in [-0.2, -0.15) is 0 Å². The molecule has 0 saturated heterocycles. The number of nitrogens with zero attached hydrogens (tertiary/aromatic N) is 1. The maximum atomic E-state index is 10.4. The molecule has 0 aliphatic carbocycles. The van der Waals surface area contributed by atoms with Crippen molar-refractivity contribution >= 4 is 10.8 Å². The van der Waals surface area contributed by atoms with Crippen molar-refractivity contribution in [2.24, 2.45) is 0 Å². The Balaban J connectivity index is 1.89. The molecule has 2 heteroatoms. The summed E-state index contributed by atoms with van der Waals surface area (Å²) in [6.07, 6.45) is 11.7. The standard InChI is InChI=1S/C18H25NO/c1-2-3-4-5-6-7-11-18(20)16-10-8-9-15-12-13-19-14-17(15)16/h8-10,12-14,18,20H,2-7,11H2,1H3. The summed E-state index contributed by atoms with van der Waals surface area (Å²) in [6.45, 7) is 2.23. The molecule has 0 aliphatic heterocycles. The minimum absolute atomic E-state index is 0.367. The third-order valence-corrected chi connectivity index (χ3v) is 3.91. The smallest absolute Gasteiger partial charge is 0.0796 e. The van der Waals surface area contributed by atoms with Crippen molar-refractivity contribution in [3.8, 4) is 0 Å². The highest BCUT2D eigenvalue weighted by molar-refractivity contribution is 5.85. The van der Waals surface area contributed by atoms with E-state index in [4.69, 9.17) is 0 Å². The van der Waals surface area contributed by atoms with Crippen LogP contribution in [0.4, 0.5) is 0 Å². The van der Waals surface area contributed by atoms with Gasteiger partial charge >= 0.3 is 0 Å². The molecule has 108 valence electrons. The first-order valence-electron chi connectivity index (χ1n) is 7.83. The van der Waals surface area contributed by atoms with Crippen LogP contribution >= 0.6 is 0 Å². The van der Waals surface area contributed by atoms with Gasteiger partial charge in [-0.3, -0.25) is 4.98 Å². The Morgan fingerprint density at radius 2 is 1.85 bits per heavy atom. The van der Waals surface area contributed by atoms with Gasteiger partial charge in [0.25, 0.3) is 0 Å². The zero-order chi connectivity index (χ0) is 14.2. The van der Waals surface area contributed by atoms with Crippen molar-refractivity contribution < 1.29 is 5.11 Å². The van der Waals surface area contributed by atoms with Gasteiger partial charge in [0.05, 0.1) is 6.10 Å². The number of unbranched alkanes of at least 4 members (excludes halogenated alkanes) is 5. The van der Waals surface area contributed by atoms with Crippen molar-refractivity contribution in [1.29, 1.82) is 0 Å². The minimum atomic E-state index is -0.367. The number of rotatable bonds is 8. The van der Waals surface area contributed by atoms with Gasteiger partial charge in [0.15, 0.2) is 0 Å². The predicted octanol–water partition coefficient (Wildman–Crippen LogP) is 5.02. The molecule has 0 fully saturated rings. The van der Waals surface area contributed by atoms with E-state index in [0.717, 1.165) is 29.2 Å². The van der Waals surface area contributed by atoms with E-state index in [2.05, 4.69) is 18.0 Å². The highest BCUT2D eigenvalue weighted by Gasteiger charge is 2.10. The number of hydrogen-bond acceptors (Lipinski definition) is 2. The molecular formula is C18H25NO. The minimum Gasteiger partial charge on any atom is -0.388 e. The van der Waals surface area contributed by atoms with Crippen molar-refractivity contribution in [1.82, 2.24) is 4.98 Å². The zero-order valence-corrected chi connectivity index (χ0v) is 12.4. The van der Waals surface area contributed by atoms with E-state index < -0.39 is 0 Å². The number of hydrogen-bond donors (Lipinski definition) is 1. The summed E-state index contributed by atoms with van der Waals surface area (Å²) in [5, 5.41) is 12.6. The highest BCUT2D eigenvalue weighted by atomic mass is 16.3. The van der Waals surface area contributed by atoms with Crippen LogP contribution in [0.25, 0.3) is 10.8 Å². The summed E-state index contributed by atoms with van der Waals surface area (Å²) in [5.74, 6) is 0. The number of benzene rings is 1. The van der Waals surface area contributed by atoms with Gasteiger partial charge in [-0.1, -0.05) is 63.6 Å². The van der Waals surface area contributed by atoms with E-state index in [0.29, 0.717) is 0 Å². The molecule has 1 heterocycles. The van der Waals surface area contributed by atoms with Gasteiger partial charge in [0.1, 0.15) is 0 Å². The van der Waals surface area contributed by atoms with Crippen LogP contribution in [0.5, 0.6) is 0 Å². The van der Waals surface area contributed by atoms with Gasteiger partial charge in [-0.05, 0) is 23.4 Å². The molecule has 0 amide bonds. The van der Waals surface area contributed by atoms with Crippen molar-refractivity contribution in [2.45, 2.75) is 58.0 Å². The van der Waals surface area contributed by atoms with Crippen molar-refractivity contribution in [3.05, 3.63) is 42.2 Å². The van der Waals surface area contributed by atoms with Crippen LogP contribution in [0, 0.1) is 0 Å². The molecule has 2 rings (SSSR count). The molecule has 1 N–H and O–H groups in total. The van der Waals surface area contributed by atoms with Crippen molar-refractivity contribution in [3.63, 3.8) is 0 Å². The fourth-order valence-corrected chi connectivity index (χ4v) is 2.70. The summed E-state index contributed by atoms with van der Waals surface area (Å²) in [7, 11) is 0. The Bertz CT molecular complexity index is 518. The monoisotopic (exact) mass is 271 g/mol. The number of fused-ring (bicyclic) bond motifs is 1. The molecule has 1 unspecified atom stereocenters. The average Bonchev–Trinajstić information content (AvgIpc) is 2.50. The van der Waals surface area contributed by atoms with Crippen molar-refractivity contribution in [2.75, 3.05) is 0 Å². The molecule has 0 radical (unpaired) electrons. The third-order valence-electron chi connectivity index (χ3n) is 3.91. The molecule has 1 aromatic carbocycles. The van der Waals surface area contributed by atoms with E-state index in [1.165, 1.54) is 32.1 Å². The highest BCUT2D eigenvalue weighted by Crippen LogP contribution is 2.27. The lowest BCUT2D eigenvalue weighted by Crippen LogP contribution is -1.98. The lowest BCUT2D eigenvalue weighted by molar-refractivity contribution is 0.165. The Kier molecular flexibility index (Phi) is 6.00. The van der Waals surface area contributed by atoms with Crippen LogP contribution in [-0.2, 0) is 0 Å².